The lowest BCUT2D eigenvalue weighted by molar-refractivity contribution is 0.932. The quantitative estimate of drug-likeness (QED) is 0.0673. The Labute approximate surface area is 649 Å². The van der Waals surface area contributed by atoms with Crippen molar-refractivity contribution >= 4 is 0 Å². The molecular formula is C105H154. The van der Waals surface area contributed by atoms with E-state index in [2.05, 4.69) is 277 Å². The summed E-state index contributed by atoms with van der Waals surface area (Å²) in [6, 6.07) is 0. The fourth-order valence-corrected chi connectivity index (χ4v) is 20.5. The molecule has 0 radical (unpaired) electrons. The second kappa shape index (κ2) is 38.2. The minimum absolute atomic E-state index is 1.06. The Kier molecular flexibility index (Phi) is 32.5. The van der Waals surface area contributed by atoms with Crippen LogP contribution in [0.3, 0.4) is 0 Å². The maximum atomic E-state index is 2.36. The van der Waals surface area contributed by atoms with Gasteiger partial charge in [0.1, 0.15) is 0 Å². The first-order valence-electron chi connectivity index (χ1n) is 42.1. The van der Waals surface area contributed by atoms with Gasteiger partial charge in [0.25, 0.3) is 0 Å². The maximum absolute atomic E-state index is 2.36. The Morgan fingerprint density at radius 3 is 0.314 bits per heavy atom. The molecule has 574 valence electrons. The van der Waals surface area contributed by atoms with E-state index in [1.165, 1.54) is 150 Å². The zero-order chi connectivity index (χ0) is 79.7. The molecule has 0 unspecified atom stereocenters. The fourth-order valence-electron chi connectivity index (χ4n) is 20.5. The highest BCUT2D eigenvalue weighted by Crippen LogP contribution is 2.40. The van der Waals surface area contributed by atoms with Crippen molar-refractivity contribution in [2.24, 2.45) is 0 Å². The highest BCUT2D eigenvalue weighted by Gasteiger charge is 2.26. The number of hydrogen-bond donors (Lipinski definition) is 0. The van der Waals surface area contributed by atoms with E-state index in [9.17, 15) is 0 Å². The van der Waals surface area contributed by atoms with Gasteiger partial charge in [-0.05, 0) is 563 Å². The van der Waals surface area contributed by atoms with Crippen LogP contribution in [0.4, 0.5) is 0 Å². The number of benzene rings is 8. The Morgan fingerprint density at radius 1 is 0.0857 bits per heavy atom. The van der Waals surface area contributed by atoms with Crippen LogP contribution in [-0.2, 0) is 109 Å². The van der Waals surface area contributed by atoms with Crippen molar-refractivity contribution in [3.8, 4) is 0 Å². The van der Waals surface area contributed by atoms with E-state index in [0.717, 1.165) is 109 Å². The van der Waals surface area contributed by atoms with Crippen molar-refractivity contribution < 1.29 is 0 Å². The highest BCUT2D eigenvalue weighted by molar-refractivity contribution is 5.62. The van der Waals surface area contributed by atoms with E-state index < -0.39 is 0 Å². The first kappa shape index (κ1) is 89.4. The zero-order valence-electron chi connectivity index (χ0n) is 76.0. The molecule has 0 spiro atoms. The standard InChI is InChI=1S/2C27H40.C26H38.C25H36/c1-11-22-16(5)18(7)26(20(9)24(22)13-3)15-27-19(8)17(6)23(12-2)25(14-4)21(27)10;1-11-22-16(5)18(7)26(24(13-3)20(22)9)15-27-19(8)17(6)23(12-2)21(10)25(27)14-4;1-11-22-15(4)18(7)25(19(8)16(22)5)14-26-20(9)17(6)23(12-2)24(13-3)21(26)10;1-11-22-14(3)18(7)24(19(8)15(22)4)13-25-20(9)16(5)23(12-2)17(6)21(25)10/h2*11-15H2,1-10H3;11-14H2,1-10H3;11-13H2,1-10H3. The van der Waals surface area contributed by atoms with Crippen molar-refractivity contribution in [2.45, 2.75) is 386 Å². The number of rotatable bonds is 21. The summed E-state index contributed by atoms with van der Waals surface area (Å²) in [5.74, 6) is 0. The van der Waals surface area contributed by atoms with Crippen molar-refractivity contribution in [1.82, 2.24) is 0 Å². The van der Waals surface area contributed by atoms with Crippen LogP contribution in [0.15, 0.2) is 0 Å². The van der Waals surface area contributed by atoms with Crippen LogP contribution in [0.25, 0.3) is 0 Å². The normalized spacial score (nSPS) is 11.3. The molecule has 0 nitrogen and oxygen atoms in total. The van der Waals surface area contributed by atoms with Gasteiger partial charge in [0.05, 0.1) is 0 Å². The van der Waals surface area contributed by atoms with Crippen molar-refractivity contribution in [3.63, 3.8) is 0 Å². The largest absolute Gasteiger partial charge is 0.0613 e. The molecule has 105 heavy (non-hydrogen) atoms. The molecule has 8 rings (SSSR count). The molecule has 0 fully saturated rings. The molecule has 0 aliphatic rings. The van der Waals surface area contributed by atoms with Crippen LogP contribution in [0, 0.1) is 187 Å². The first-order valence-corrected chi connectivity index (χ1v) is 42.1. The Morgan fingerprint density at radius 2 is 0.162 bits per heavy atom. The van der Waals surface area contributed by atoms with Gasteiger partial charge >= 0.3 is 0 Å². The molecule has 0 aromatic heterocycles. The van der Waals surface area contributed by atoms with Gasteiger partial charge in [-0.3, -0.25) is 0 Å². The Hall–Kier alpha value is -6.24. The average molecular weight is 1420 g/mol. The van der Waals surface area contributed by atoms with E-state index in [1.807, 2.05) is 0 Å². The summed E-state index contributed by atoms with van der Waals surface area (Å²) in [6.45, 7) is 92.8. The van der Waals surface area contributed by atoms with Gasteiger partial charge in [-0.25, -0.2) is 0 Å². The summed E-state index contributed by atoms with van der Waals surface area (Å²) >= 11 is 0. The minimum Gasteiger partial charge on any atom is -0.0613 e. The smallest absolute Gasteiger partial charge is 0.00147 e. The predicted molar refractivity (Wildman–Crippen MR) is 473 cm³/mol. The van der Waals surface area contributed by atoms with Gasteiger partial charge in [-0.1, -0.05) is 90.0 Å². The minimum atomic E-state index is 1.06. The molecule has 0 heterocycles. The van der Waals surface area contributed by atoms with Crippen LogP contribution in [0.2, 0.25) is 0 Å². The van der Waals surface area contributed by atoms with E-state index in [-0.39, 0.29) is 0 Å². The van der Waals surface area contributed by atoms with E-state index in [0.29, 0.717) is 0 Å². The SMILES string of the molecule is CCc1c(C)c(C)c(Cc2c(C)c(C)c(CC)c(C)c2C)c(C)c1C.CCc1c(C)c(C)c(Cc2c(C)c(C)c(CC)c(C)c2CC)c(CC)c1C.CCc1c(C)c(C)c(Cc2c(C)c(C)c(CC)c(CC)c2C)c(C)c1C.CCc1c(C)c(C)c(Cc2c(C)c(C)c(CC)c(CC)c2C)c(C)c1CC. The first-order chi connectivity index (χ1) is 49.4. The second-order valence-electron chi connectivity index (χ2n) is 32.2. The van der Waals surface area contributed by atoms with Gasteiger partial charge in [-0.15, -0.1) is 0 Å². The number of hydrogen-bond acceptors (Lipinski definition) is 0. The van der Waals surface area contributed by atoms with Crippen molar-refractivity contribution in [1.29, 1.82) is 0 Å². The second-order valence-corrected chi connectivity index (χ2v) is 32.2. The van der Waals surface area contributed by atoms with Gasteiger partial charge in [0.2, 0.25) is 0 Å². The molecule has 0 amide bonds. The van der Waals surface area contributed by atoms with Crippen LogP contribution < -0.4 is 0 Å². The summed E-state index contributed by atoms with van der Waals surface area (Å²) in [5, 5.41) is 0. The molecule has 8 aromatic rings. The summed E-state index contributed by atoms with van der Waals surface area (Å²) in [6.07, 6.45) is 19.0. The third-order valence-electron chi connectivity index (χ3n) is 28.5. The molecule has 0 aliphatic carbocycles. The lowest BCUT2D eigenvalue weighted by Gasteiger charge is -2.25. The molecule has 0 atom stereocenters. The van der Waals surface area contributed by atoms with Gasteiger partial charge in [0.15, 0.2) is 0 Å². The lowest BCUT2D eigenvalue weighted by Crippen LogP contribution is -2.12. The molecule has 8 aromatic carbocycles. The van der Waals surface area contributed by atoms with E-state index in [4.69, 9.17) is 0 Å². The molecular weight excluding hydrogens is 1260 g/mol. The van der Waals surface area contributed by atoms with Crippen molar-refractivity contribution in [2.75, 3.05) is 0 Å². The van der Waals surface area contributed by atoms with Crippen LogP contribution >= 0.6 is 0 Å². The summed E-state index contributed by atoms with van der Waals surface area (Å²) < 4.78 is 0. The third-order valence-corrected chi connectivity index (χ3v) is 28.5. The molecule has 0 N–H and O–H groups in total. The monoisotopic (exact) mass is 1420 g/mol. The maximum Gasteiger partial charge on any atom is -0.00147 e. The van der Waals surface area contributed by atoms with Gasteiger partial charge in [-0.2, -0.15) is 0 Å². The Balaban J connectivity index is 0.000000252. The van der Waals surface area contributed by atoms with Crippen LogP contribution in [-0.4, -0.2) is 0 Å². The van der Waals surface area contributed by atoms with Gasteiger partial charge in [0, 0.05) is 0 Å². The molecule has 0 saturated heterocycles. The molecule has 0 bridgehead atoms. The molecule has 0 saturated carbocycles. The van der Waals surface area contributed by atoms with Gasteiger partial charge < -0.3 is 0 Å². The Bertz CT molecular complexity index is 4200. The summed E-state index contributed by atoms with van der Waals surface area (Å²) in [5.41, 5.74) is 73.7. The zero-order valence-corrected chi connectivity index (χ0v) is 76.0. The third kappa shape index (κ3) is 17.3. The van der Waals surface area contributed by atoms with Crippen LogP contribution in [0.1, 0.15) is 357 Å². The van der Waals surface area contributed by atoms with Crippen LogP contribution in [0.5, 0.6) is 0 Å². The average Bonchev–Trinajstić information content (AvgIpc) is 0.777. The van der Waals surface area contributed by atoms with Crippen molar-refractivity contribution in [3.05, 3.63) is 267 Å². The van der Waals surface area contributed by atoms with E-state index in [1.54, 1.807) is 117 Å². The highest BCUT2D eigenvalue weighted by atomic mass is 14.3. The molecule has 0 aliphatic heterocycles. The predicted octanol–water partition coefficient (Wildman–Crippen LogP) is 28.7. The van der Waals surface area contributed by atoms with E-state index >= 15 is 0 Å². The summed E-state index contributed by atoms with van der Waals surface area (Å²) in [4.78, 5) is 0. The fraction of sp³-hybridized carbons (Fsp3) is 0.543. The summed E-state index contributed by atoms with van der Waals surface area (Å²) in [7, 11) is 0. The topological polar surface area (TPSA) is 0 Å². The molecule has 0 heteroatoms. The lowest BCUT2D eigenvalue weighted by atomic mass is 9.79.